The fourth-order valence-electron chi connectivity index (χ4n) is 2.05. The highest BCUT2D eigenvalue weighted by atomic mass is 16.4. The monoisotopic (exact) mass is 213 g/mol. The van der Waals surface area contributed by atoms with Crippen LogP contribution in [0, 0.1) is 5.41 Å². The Labute approximate surface area is 90.0 Å². The maximum Gasteiger partial charge on any atom is 0.326 e. The minimum atomic E-state index is -0.951. The van der Waals surface area contributed by atoms with Gasteiger partial charge in [0.05, 0.1) is 0 Å². The van der Waals surface area contributed by atoms with Gasteiger partial charge in [-0.3, -0.25) is 4.79 Å². The van der Waals surface area contributed by atoms with E-state index in [-0.39, 0.29) is 11.3 Å². The van der Waals surface area contributed by atoms with Crippen LogP contribution in [0.15, 0.2) is 0 Å². The predicted octanol–water partition coefficient (Wildman–Crippen LogP) is 1.55. The standard InChI is InChI=1S/C11H19NO3/c1-3-8(9(13)14)12-10(15)11(2)6-4-5-7-11/h8H,3-7H2,1-2H3,(H,12,15)(H,13,14)/t8-/m1/s1. The molecule has 0 unspecified atom stereocenters. The van der Waals surface area contributed by atoms with Gasteiger partial charge in [0.15, 0.2) is 0 Å². The molecule has 0 bridgehead atoms. The molecule has 1 aliphatic carbocycles. The quantitative estimate of drug-likeness (QED) is 0.744. The molecule has 0 radical (unpaired) electrons. The number of rotatable bonds is 4. The van der Waals surface area contributed by atoms with Crippen LogP contribution in [0.4, 0.5) is 0 Å². The van der Waals surface area contributed by atoms with Crippen molar-refractivity contribution in [3.05, 3.63) is 0 Å². The number of carboxylic acid groups (broad SMARTS) is 1. The molecular formula is C11H19NO3. The van der Waals surface area contributed by atoms with E-state index in [0.29, 0.717) is 6.42 Å². The van der Waals surface area contributed by atoms with Crippen LogP contribution in [0.3, 0.4) is 0 Å². The van der Waals surface area contributed by atoms with Crippen molar-refractivity contribution in [2.45, 2.75) is 52.0 Å². The summed E-state index contributed by atoms with van der Waals surface area (Å²) in [5.41, 5.74) is -0.344. The summed E-state index contributed by atoms with van der Waals surface area (Å²) >= 11 is 0. The molecule has 1 fully saturated rings. The second-order valence-corrected chi connectivity index (χ2v) is 4.54. The Morgan fingerprint density at radius 2 is 1.93 bits per heavy atom. The Hall–Kier alpha value is -1.06. The van der Waals surface area contributed by atoms with Gasteiger partial charge in [-0.1, -0.05) is 26.7 Å². The topological polar surface area (TPSA) is 66.4 Å². The molecule has 0 aromatic rings. The van der Waals surface area contributed by atoms with Gasteiger partial charge in [0.2, 0.25) is 5.91 Å². The molecule has 1 aliphatic rings. The van der Waals surface area contributed by atoms with Gasteiger partial charge in [-0.25, -0.2) is 4.79 Å². The Balaban J connectivity index is 2.57. The molecule has 15 heavy (non-hydrogen) atoms. The number of nitrogens with one attached hydrogen (secondary N) is 1. The van der Waals surface area contributed by atoms with Crippen molar-refractivity contribution in [1.82, 2.24) is 5.32 Å². The molecule has 0 aliphatic heterocycles. The smallest absolute Gasteiger partial charge is 0.326 e. The molecular weight excluding hydrogens is 194 g/mol. The molecule has 0 spiro atoms. The Kier molecular flexibility index (Phi) is 3.72. The number of carbonyl (C=O) groups is 2. The second kappa shape index (κ2) is 4.64. The minimum absolute atomic E-state index is 0.103. The van der Waals surface area contributed by atoms with Crippen molar-refractivity contribution in [1.29, 1.82) is 0 Å². The Morgan fingerprint density at radius 1 is 1.40 bits per heavy atom. The van der Waals surface area contributed by atoms with Crippen LogP contribution in [0.25, 0.3) is 0 Å². The van der Waals surface area contributed by atoms with E-state index in [2.05, 4.69) is 5.32 Å². The zero-order valence-corrected chi connectivity index (χ0v) is 9.38. The molecule has 4 heteroatoms. The second-order valence-electron chi connectivity index (χ2n) is 4.54. The van der Waals surface area contributed by atoms with Crippen LogP contribution in [0.5, 0.6) is 0 Å². The molecule has 0 saturated heterocycles. The molecule has 2 N–H and O–H groups in total. The third-order valence-electron chi connectivity index (χ3n) is 3.27. The van der Waals surface area contributed by atoms with Crippen molar-refractivity contribution in [2.75, 3.05) is 0 Å². The van der Waals surface area contributed by atoms with Gasteiger partial charge in [0.1, 0.15) is 6.04 Å². The highest BCUT2D eigenvalue weighted by Gasteiger charge is 2.37. The third kappa shape index (κ3) is 2.70. The largest absolute Gasteiger partial charge is 0.480 e. The molecule has 0 aromatic heterocycles. The minimum Gasteiger partial charge on any atom is -0.480 e. The van der Waals surface area contributed by atoms with Crippen molar-refractivity contribution < 1.29 is 14.7 Å². The number of hydrogen-bond acceptors (Lipinski definition) is 2. The number of aliphatic carboxylic acids is 1. The van der Waals surface area contributed by atoms with Gasteiger partial charge in [-0.05, 0) is 19.3 Å². The highest BCUT2D eigenvalue weighted by molar-refractivity contribution is 5.87. The van der Waals surface area contributed by atoms with Crippen molar-refractivity contribution in [3.8, 4) is 0 Å². The lowest BCUT2D eigenvalue weighted by atomic mass is 9.87. The van der Waals surface area contributed by atoms with E-state index in [4.69, 9.17) is 5.11 Å². The van der Waals surface area contributed by atoms with Gasteiger partial charge in [-0.2, -0.15) is 0 Å². The van der Waals surface area contributed by atoms with Crippen LogP contribution in [0.2, 0.25) is 0 Å². The normalized spacial score (nSPS) is 20.9. The lowest BCUT2D eigenvalue weighted by Crippen LogP contribution is -2.46. The summed E-state index contributed by atoms with van der Waals surface area (Å²) in [7, 11) is 0. The number of hydrogen-bond donors (Lipinski definition) is 2. The molecule has 0 aromatic carbocycles. The summed E-state index contributed by atoms with van der Waals surface area (Å²) in [4.78, 5) is 22.6. The number of carbonyl (C=O) groups excluding carboxylic acids is 1. The lowest BCUT2D eigenvalue weighted by Gasteiger charge is -2.24. The number of carboxylic acids is 1. The van der Waals surface area contributed by atoms with Crippen LogP contribution < -0.4 is 5.32 Å². The highest BCUT2D eigenvalue weighted by Crippen LogP contribution is 2.37. The van der Waals surface area contributed by atoms with Gasteiger partial charge in [0.25, 0.3) is 0 Å². The van der Waals surface area contributed by atoms with Gasteiger partial charge in [0, 0.05) is 5.41 Å². The van der Waals surface area contributed by atoms with E-state index in [0.717, 1.165) is 25.7 Å². The number of amides is 1. The van der Waals surface area contributed by atoms with Crippen LogP contribution in [-0.2, 0) is 9.59 Å². The van der Waals surface area contributed by atoms with Gasteiger partial charge in [-0.15, -0.1) is 0 Å². The summed E-state index contributed by atoms with van der Waals surface area (Å²) in [6.45, 7) is 3.68. The fraction of sp³-hybridized carbons (Fsp3) is 0.818. The first-order valence-electron chi connectivity index (χ1n) is 5.53. The summed E-state index contributed by atoms with van der Waals surface area (Å²) in [5.74, 6) is -1.05. The van der Waals surface area contributed by atoms with Crippen LogP contribution in [-0.4, -0.2) is 23.0 Å². The van der Waals surface area contributed by atoms with E-state index >= 15 is 0 Å². The summed E-state index contributed by atoms with van der Waals surface area (Å²) < 4.78 is 0. The molecule has 4 nitrogen and oxygen atoms in total. The zero-order chi connectivity index (χ0) is 11.5. The van der Waals surface area contributed by atoms with E-state index in [1.807, 2.05) is 6.92 Å². The SMILES string of the molecule is CC[C@@H](NC(=O)C1(C)CCCC1)C(=O)O. The van der Waals surface area contributed by atoms with E-state index in [9.17, 15) is 9.59 Å². The van der Waals surface area contributed by atoms with Crippen LogP contribution in [0.1, 0.15) is 46.0 Å². The van der Waals surface area contributed by atoms with E-state index < -0.39 is 12.0 Å². The summed E-state index contributed by atoms with van der Waals surface area (Å²) in [5, 5.41) is 11.4. The molecule has 1 amide bonds. The third-order valence-corrected chi connectivity index (χ3v) is 3.27. The predicted molar refractivity (Wildman–Crippen MR) is 56.4 cm³/mol. The molecule has 86 valence electrons. The van der Waals surface area contributed by atoms with Crippen molar-refractivity contribution in [2.24, 2.45) is 5.41 Å². The summed E-state index contributed by atoms with van der Waals surface area (Å²) in [6, 6.07) is -0.741. The lowest BCUT2D eigenvalue weighted by molar-refractivity contribution is -0.143. The molecule has 1 rings (SSSR count). The zero-order valence-electron chi connectivity index (χ0n) is 9.38. The van der Waals surface area contributed by atoms with E-state index in [1.54, 1.807) is 6.92 Å². The average molecular weight is 213 g/mol. The van der Waals surface area contributed by atoms with E-state index in [1.165, 1.54) is 0 Å². The van der Waals surface area contributed by atoms with Crippen molar-refractivity contribution in [3.63, 3.8) is 0 Å². The summed E-state index contributed by atoms with van der Waals surface area (Å²) in [6.07, 6.45) is 4.29. The maximum atomic E-state index is 11.9. The molecule has 0 heterocycles. The van der Waals surface area contributed by atoms with Gasteiger partial charge < -0.3 is 10.4 Å². The average Bonchev–Trinajstić information content (AvgIpc) is 2.61. The van der Waals surface area contributed by atoms with Gasteiger partial charge >= 0.3 is 5.97 Å². The molecule has 1 atom stereocenters. The first-order chi connectivity index (χ1) is 6.99. The Morgan fingerprint density at radius 3 is 2.33 bits per heavy atom. The maximum absolute atomic E-state index is 11.9. The first-order valence-corrected chi connectivity index (χ1v) is 5.53. The molecule has 1 saturated carbocycles. The van der Waals surface area contributed by atoms with Crippen molar-refractivity contribution >= 4 is 11.9 Å². The fourth-order valence-corrected chi connectivity index (χ4v) is 2.05. The van der Waals surface area contributed by atoms with Crippen LogP contribution >= 0.6 is 0 Å². The first kappa shape index (κ1) is 12.0. The Bertz CT molecular complexity index is 257.